The van der Waals surface area contributed by atoms with E-state index < -0.39 is 0 Å². The third-order valence-electron chi connectivity index (χ3n) is 0.495. The molecule has 8 heavy (non-hydrogen) atoms. The molecular formula is C3H4Cl2N2S. The van der Waals surface area contributed by atoms with Gasteiger partial charge in [-0.05, 0) is 0 Å². The fraction of sp³-hybridized carbons (Fsp3) is 0. The summed E-state index contributed by atoms with van der Waals surface area (Å²) < 4.78 is 0.637. The average molecular weight is 171 g/mol. The van der Waals surface area contributed by atoms with Crippen molar-refractivity contribution in [3.8, 4) is 0 Å². The first-order chi connectivity index (χ1) is 3.29. The van der Waals surface area contributed by atoms with Crippen LogP contribution in [-0.2, 0) is 0 Å². The molecule has 0 saturated heterocycles. The summed E-state index contributed by atoms with van der Waals surface area (Å²) in [6.45, 7) is 0. The Morgan fingerprint density at radius 1 is 1.88 bits per heavy atom. The Morgan fingerprint density at radius 3 is 2.62 bits per heavy atom. The quantitative estimate of drug-likeness (QED) is 0.515. The molecule has 0 bridgehead atoms. The number of nitrogens with zero attached hydrogens (tertiary/aromatic N) is 1. The predicted molar refractivity (Wildman–Crippen MR) is 32.6 cm³/mol. The number of nitrogen functional groups attached to an aromatic ring is 1. The van der Waals surface area contributed by atoms with Crippen LogP contribution >= 0.6 is 22.9 Å². The maximum Gasteiger partial charge on any atom is 1.00 e. The van der Waals surface area contributed by atoms with Gasteiger partial charge in [-0.2, -0.15) is 0 Å². The van der Waals surface area contributed by atoms with Crippen LogP contribution in [0.4, 0.5) is 5.13 Å². The molecule has 1 aromatic heterocycles. The number of aromatic nitrogens is 1. The molecule has 0 spiro atoms. The van der Waals surface area contributed by atoms with Crippen molar-refractivity contribution in [2.75, 3.05) is 5.73 Å². The molecule has 2 nitrogen and oxygen atoms in total. The molecule has 2 N–H and O–H groups in total. The molecule has 46 valence electrons. The lowest BCUT2D eigenvalue weighted by Gasteiger charge is -1.68. The lowest BCUT2D eigenvalue weighted by Crippen LogP contribution is -3.00. The highest BCUT2D eigenvalue weighted by Crippen LogP contribution is 2.18. The lowest BCUT2D eigenvalue weighted by molar-refractivity contribution is -0.00000137. The molecule has 0 radical (unpaired) electrons. The predicted octanol–water partition coefficient (Wildman–Crippen LogP) is -1.50. The Labute approximate surface area is 63.6 Å². The first-order valence-corrected chi connectivity index (χ1v) is 2.85. The van der Waals surface area contributed by atoms with Crippen molar-refractivity contribution in [3.05, 3.63) is 10.5 Å². The van der Waals surface area contributed by atoms with Gasteiger partial charge in [0.1, 0.15) is 4.34 Å². The molecule has 0 amide bonds. The van der Waals surface area contributed by atoms with Crippen LogP contribution in [0.15, 0.2) is 6.20 Å². The molecule has 5 heteroatoms. The van der Waals surface area contributed by atoms with Crippen molar-refractivity contribution < 1.29 is 13.8 Å². The molecule has 0 aliphatic rings. The van der Waals surface area contributed by atoms with E-state index in [0.717, 1.165) is 0 Å². The van der Waals surface area contributed by atoms with E-state index in [1.807, 2.05) is 0 Å². The smallest absolute Gasteiger partial charge is 1.00 e. The van der Waals surface area contributed by atoms with Gasteiger partial charge in [-0.3, -0.25) is 0 Å². The first-order valence-electron chi connectivity index (χ1n) is 1.66. The second-order valence-electron chi connectivity index (χ2n) is 1.00. The molecule has 0 saturated carbocycles. The number of thiazole rings is 1. The number of rotatable bonds is 0. The Kier molecular flexibility index (Phi) is 3.12. The zero-order valence-electron chi connectivity index (χ0n) is 4.77. The highest BCUT2D eigenvalue weighted by Gasteiger charge is 1.89. The Morgan fingerprint density at radius 2 is 2.50 bits per heavy atom. The van der Waals surface area contributed by atoms with E-state index in [4.69, 9.17) is 17.3 Å². The van der Waals surface area contributed by atoms with Crippen LogP contribution in [0.1, 0.15) is 1.43 Å². The minimum absolute atomic E-state index is 0. The maximum absolute atomic E-state index is 5.44. The minimum Gasteiger partial charge on any atom is -1.00 e. The van der Waals surface area contributed by atoms with E-state index in [2.05, 4.69) is 4.98 Å². The van der Waals surface area contributed by atoms with Gasteiger partial charge in [-0.25, -0.2) is 4.98 Å². The Bertz CT molecular complexity index is 152. The van der Waals surface area contributed by atoms with Crippen molar-refractivity contribution >= 4 is 28.1 Å². The van der Waals surface area contributed by atoms with Crippen molar-refractivity contribution in [2.24, 2.45) is 0 Å². The van der Waals surface area contributed by atoms with Gasteiger partial charge in [0, 0.05) is 0 Å². The van der Waals surface area contributed by atoms with Gasteiger partial charge in [-0.1, -0.05) is 22.9 Å². The van der Waals surface area contributed by atoms with Crippen LogP contribution < -0.4 is 18.1 Å². The summed E-state index contributed by atoms with van der Waals surface area (Å²) in [4.78, 5) is 3.68. The molecule has 1 aromatic rings. The highest BCUT2D eigenvalue weighted by atomic mass is 35.5. The summed E-state index contributed by atoms with van der Waals surface area (Å²) in [5.41, 5.74) is 5.20. The van der Waals surface area contributed by atoms with Crippen LogP contribution in [-0.4, -0.2) is 4.98 Å². The number of hydrogen-bond acceptors (Lipinski definition) is 3. The summed E-state index contributed by atoms with van der Waals surface area (Å²) in [5, 5.41) is 0.519. The third kappa shape index (κ3) is 1.86. The topological polar surface area (TPSA) is 38.9 Å². The molecule has 0 aromatic carbocycles. The van der Waals surface area contributed by atoms with Crippen LogP contribution in [0, 0.1) is 0 Å². The summed E-state index contributed by atoms with van der Waals surface area (Å²) >= 11 is 6.71. The number of hydrogen-bond donors (Lipinski definition) is 1. The van der Waals surface area contributed by atoms with E-state index in [9.17, 15) is 0 Å². The second-order valence-corrected chi connectivity index (χ2v) is 2.70. The van der Waals surface area contributed by atoms with Gasteiger partial charge in [-0.15, -0.1) is 0 Å². The fourth-order valence-corrected chi connectivity index (χ4v) is 0.964. The maximum atomic E-state index is 5.44. The normalized spacial score (nSPS) is 8.12. The highest BCUT2D eigenvalue weighted by molar-refractivity contribution is 7.19. The van der Waals surface area contributed by atoms with Crippen LogP contribution in [0.2, 0.25) is 4.34 Å². The van der Waals surface area contributed by atoms with E-state index in [1.54, 1.807) is 0 Å². The minimum atomic E-state index is 0. The van der Waals surface area contributed by atoms with Crippen LogP contribution in [0.5, 0.6) is 0 Å². The van der Waals surface area contributed by atoms with Gasteiger partial charge in [0.25, 0.3) is 0 Å². The third-order valence-corrected chi connectivity index (χ3v) is 1.44. The van der Waals surface area contributed by atoms with Crippen molar-refractivity contribution in [1.29, 1.82) is 0 Å². The molecule has 0 atom stereocenters. The fourth-order valence-electron chi connectivity index (χ4n) is 0.267. The van der Waals surface area contributed by atoms with Crippen molar-refractivity contribution in [1.82, 2.24) is 4.98 Å². The van der Waals surface area contributed by atoms with Crippen LogP contribution in [0.3, 0.4) is 0 Å². The van der Waals surface area contributed by atoms with Crippen molar-refractivity contribution in [3.63, 3.8) is 0 Å². The standard InChI is InChI=1S/C3H3ClN2S.ClH/c4-2-1-6-3(5)7-2;/h1H,(H2,5,6);1H. The van der Waals surface area contributed by atoms with Gasteiger partial charge >= 0.3 is 1.43 Å². The second kappa shape index (κ2) is 3.12. The van der Waals surface area contributed by atoms with Gasteiger partial charge in [0.2, 0.25) is 0 Å². The van der Waals surface area contributed by atoms with Gasteiger partial charge in [0.05, 0.1) is 6.20 Å². The molecule has 0 unspecified atom stereocenters. The Hall–Kier alpha value is 0.01000. The molecule has 0 aliphatic carbocycles. The summed E-state index contributed by atoms with van der Waals surface area (Å²) in [5.74, 6) is 0. The number of halogens is 2. The molecular weight excluding hydrogens is 167 g/mol. The summed E-state index contributed by atoms with van der Waals surface area (Å²) in [7, 11) is 0. The number of anilines is 1. The Balaban J connectivity index is 0. The zero-order chi connectivity index (χ0) is 5.28. The zero-order valence-corrected chi connectivity index (χ0v) is 6.09. The van der Waals surface area contributed by atoms with Crippen LogP contribution in [0.25, 0.3) is 0 Å². The van der Waals surface area contributed by atoms with E-state index in [1.165, 1.54) is 17.5 Å². The molecule has 1 rings (SSSR count). The summed E-state index contributed by atoms with van der Waals surface area (Å²) in [6, 6.07) is 0. The van der Waals surface area contributed by atoms with E-state index in [-0.39, 0.29) is 13.8 Å². The van der Waals surface area contributed by atoms with Gasteiger partial charge in [0.15, 0.2) is 5.13 Å². The number of nitrogens with two attached hydrogens (primary N) is 1. The van der Waals surface area contributed by atoms with Gasteiger partial charge < -0.3 is 18.1 Å². The van der Waals surface area contributed by atoms with E-state index in [0.29, 0.717) is 9.47 Å². The molecule has 1 heterocycles. The molecule has 0 fully saturated rings. The lowest BCUT2D eigenvalue weighted by atomic mass is 11.0. The first kappa shape index (κ1) is 8.01. The van der Waals surface area contributed by atoms with Crippen molar-refractivity contribution in [2.45, 2.75) is 0 Å². The monoisotopic (exact) mass is 170 g/mol. The SMILES string of the molecule is Nc1ncc(Cl)s1.[Cl-].[H+]. The van der Waals surface area contributed by atoms with E-state index >= 15 is 0 Å². The molecule has 0 aliphatic heterocycles. The average Bonchev–Trinajstić information content (AvgIpc) is 1.87. The summed E-state index contributed by atoms with van der Waals surface area (Å²) in [6.07, 6.45) is 1.53. The largest absolute Gasteiger partial charge is 1.00 e.